The number of esters is 1. The van der Waals surface area contributed by atoms with Gasteiger partial charge in [0.25, 0.3) is 5.91 Å². The third kappa shape index (κ3) is 4.76. The number of rotatable bonds is 5. The van der Waals surface area contributed by atoms with E-state index in [9.17, 15) is 14.4 Å². The van der Waals surface area contributed by atoms with Crippen LogP contribution in [0.15, 0.2) is 18.2 Å². The van der Waals surface area contributed by atoms with Gasteiger partial charge in [-0.3, -0.25) is 9.59 Å². The molecule has 0 aliphatic carbocycles. The fraction of sp³-hybridized carbons (Fsp3) is 0.182. The number of nitrogens with two attached hydrogens (primary N) is 1. The highest BCUT2D eigenvalue weighted by Crippen LogP contribution is 2.24. The molecule has 3 N–H and O–H groups in total. The van der Waals surface area contributed by atoms with E-state index in [1.54, 1.807) is 6.07 Å². The summed E-state index contributed by atoms with van der Waals surface area (Å²) in [5.41, 5.74) is 4.81. The lowest BCUT2D eigenvalue weighted by molar-refractivity contribution is -0.127. The molecule has 0 bridgehead atoms. The summed E-state index contributed by atoms with van der Waals surface area (Å²) in [6.45, 7) is -0.892. The highest BCUT2D eigenvalue weighted by atomic mass is 35.5. The number of hydrogen-bond donors (Lipinski definition) is 2. The second kappa shape index (κ2) is 6.96. The third-order valence-electron chi connectivity index (χ3n) is 1.96. The summed E-state index contributed by atoms with van der Waals surface area (Å²) >= 11 is 11.6. The van der Waals surface area contributed by atoms with Crippen molar-refractivity contribution >= 4 is 41.0 Å². The van der Waals surface area contributed by atoms with E-state index >= 15 is 0 Å². The smallest absolute Gasteiger partial charge is 0.341 e. The van der Waals surface area contributed by atoms with E-state index in [4.69, 9.17) is 33.7 Å². The van der Waals surface area contributed by atoms with Crippen molar-refractivity contribution in [3.63, 3.8) is 0 Å². The van der Waals surface area contributed by atoms with Gasteiger partial charge in [-0.2, -0.15) is 0 Å². The second-order valence-corrected chi connectivity index (χ2v) is 4.23. The first kappa shape index (κ1) is 15.3. The topological polar surface area (TPSA) is 98.5 Å². The van der Waals surface area contributed by atoms with E-state index in [0.29, 0.717) is 0 Å². The molecule has 1 aromatic rings. The molecular formula is C11H10Cl2N2O4. The number of amides is 2. The summed E-state index contributed by atoms with van der Waals surface area (Å²) in [7, 11) is 0. The molecule has 102 valence electrons. The molecule has 0 aromatic heterocycles. The summed E-state index contributed by atoms with van der Waals surface area (Å²) in [5, 5.41) is 2.40. The summed E-state index contributed by atoms with van der Waals surface area (Å²) < 4.78 is 4.71. The lowest BCUT2D eigenvalue weighted by Gasteiger charge is -2.07. The maximum atomic E-state index is 11.7. The molecule has 0 saturated carbocycles. The molecule has 0 saturated heterocycles. The second-order valence-electron chi connectivity index (χ2n) is 3.42. The van der Waals surface area contributed by atoms with Gasteiger partial charge in [0.1, 0.15) is 0 Å². The number of primary amides is 1. The zero-order chi connectivity index (χ0) is 14.4. The van der Waals surface area contributed by atoms with Crippen molar-refractivity contribution in [2.24, 2.45) is 5.73 Å². The summed E-state index contributed by atoms with van der Waals surface area (Å²) in [4.78, 5) is 33.3. The van der Waals surface area contributed by atoms with Gasteiger partial charge in [-0.05, 0) is 12.1 Å². The zero-order valence-electron chi connectivity index (χ0n) is 9.61. The van der Waals surface area contributed by atoms with Crippen molar-refractivity contribution in [3.05, 3.63) is 33.8 Å². The van der Waals surface area contributed by atoms with E-state index in [-0.39, 0.29) is 22.2 Å². The van der Waals surface area contributed by atoms with E-state index in [2.05, 4.69) is 5.32 Å². The van der Waals surface area contributed by atoms with Gasteiger partial charge in [0.15, 0.2) is 6.61 Å². The standard InChI is InChI=1S/C11H10Cl2N2O4/c12-6-2-1-3-7(13)10(6)11(18)19-5-9(17)15-4-8(14)16/h1-3H,4-5H2,(H2,14,16)(H,15,17). The van der Waals surface area contributed by atoms with Crippen LogP contribution in [0.3, 0.4) is 0 Å². The Morgan fingerprint density at radius 2 is 1.79 bits per heavy atom. The molecule has 0 aliphatic heterocycles. The molecule has 1 aromatic carbocycles. The lowest BCUT2D eigenvalue weighted by atomic mass is 10.2. The quantitative estimate of drug-likeness (QED) is 0.784. The van der Waals surface area contributed by atoms with Crippen molar-refractivity contribution in [2.45, 2.75) is 0 Å². The number of ether oxygens (including phenoxy) is 1. The van der Waals surface area contributed by atoms with E-state index in [1.807, 2.05) is 0 Å². The summed E-state index contributed by atoms with van der Waals surface area (Å²) in [6, 6.07) is 4.51. The predicted molar refractivity (Wildman–Crippen MR) is 68.9 cm³/mol. The molecule has 0 radical (unpaired) electrons. The molecule has 19 heavy (non-hydrogen) atoms. The fourth-order valence-corrected chi connectivity index (χ4v) is 1.68. The van der Waals surface area contributed by atoms with Crippen LogP contribution in [0, 0.1) is 0 Å². The van der Waals surface area contributed by atoms with E-state index < -0.39 is 24.4 Å². The Morgan fingerprint density at radius 3 is 2.32 bits per heavy atom. The Bertz CT molecular complexity index is 499. The Balaban J connectivity index is 2.56. The van der Waals surface area contributed by atoms with Crippen molar-refractivity contribution in [3.8, 4) is 0 Å². The van der Waals surface area contributed by atoms with E-state index in [1.165, 1.54) is 12.1 Å². The van der Waals surface area contributed by atoms with Gasteiger partial charge >= 0.3 is 5.97 Å². The largest absolute Gasteiger partial charge is 0.452 e. The molecule has 0 aliphatic rings. The monoisotopic (exact) mass is 304 g/mol. The first-order valence-corrected chi connectivity index (χ1v) is 5.83. The fourth-order valence-electron chi connectivity index (χ4n) is 1.13. The number of benzene rings is 1. The molecule has 0 heterocycles. The van der Waals surface area contributed by atoms with Gasteiger partial charge in [-0.25, -0.2) is 4.79 Å². The summed E-state index contributed by atoms with van der Waals surface area (Å²) in [5.74, 6) is -2.19. The zero-order valence-corrected chi connectivity index (χ0v) is 11.1. The van der Waals surface area contributed by atoms with Crippen LogP contribution in [0.5, 0.6) is 0 Å². The van der Waals surface area contributed by atoms with Crippen molar-refractivity contribution < 1.29 is 19.1 Å². The summed E-state index contributed by atoms with van der Waals surface area (Å²) in [6.07, 6.45) is 0. The molecule has 6 nitrogen and oxygen atoms in total. The Labute approximate surface area is 118 Å². The van der Waals surface area contributed by atoms with Crippen LogP contribution >= 0.6 is 23.2 Å². The first-order chi connectivity index (χ1) is 8.91. The maximum absolute atomic E-state index is 11.7. The van der Waals surface area contributed by atoms with Gasteiger partial charge < -0.3 is 15.8 Å². The number of hydrogen-bond acceptors (Lipinski definition) is 4. The average Bonchev–Trinajstić information content (AvgIpc) is 2.33. The van der Waals surface area contributed by atoms with Crippen LogP contribution in [0.25, 0.3) is 0 Å². The highest BCUT2D eigenvalue weighted by Gasteiger charge is 2.17. The molecule has 0 fully saturated rings. The molecule has 0 atom stereocenters. The Kier molecular flexibility index (Phi) is 5.59. The van der Waals surface area contributed by atoms with Crippen molar-refractivity contribution in [2.75, 3.05) is 13.2 Å². The van der Waals surface area contributed by atoms with E-state index in [0.717, 1.165) is 0 Å². The number of carbonyl (C=O) groups is 3. The van der Waals surface area contributed by atoms with Gasteiger partial charge in [0.2, 0.25) is 5.91 Å². The molecule has 1 rings (SSSR count). The molecule has 0 unspecified atom stereocenters. The SMILES string of the molecule is NC(=O)CNC(=O)COC(=O)c1c(Cl)cccc1Cl. The molecule has 2 amide bonds. The minimum absolute atomic E-state index is 0.0199. The van der Waals surface area contributed by atoms with Crippen molar-refractivity contribution in [1.82, 2.24) is 5.32 Å². The van der Waals surface area contributed by atoms with Gasteiger partial charge in [0, 0.05) is 0 Å². The van der Waals surface area contributed by atoms with Crippen LogP contribution in [-0.2, 0) is 14.3 Å². The lowest BCUT2D eigenvalue weighted by Crippen LogP contribution is -2.36. The van der Waals surface area contributed by atoms with Crippen molar-refractivity contribution in [1.29, 1.82) is 0 Å². The predicted octanol–water partition coefficient (Wildman–Crippen LogP) is 0.752. The minimum atomic E-state index is -0.829. The first-order valence-electron chi connectivity index (χ1n) is 5.08. The van der Waals surface area contributed by atoms with Crippen LogP contribution in [0.4, 0.5) is 0 Å². The van der Waals surface area contributed by atoms with Gasteiger partial charge in [-0.15, -0.1) is 0 Å². The number of nitrogens with one attached hydrogen (secondary N) is 1. The highest BCUT2D eigenvalue weighted by molar-refractivity contribution is 6.39. The molecule has 8 heteroatoms. The number of halogens is 2. The normalized spacial score (nSPS) is 9.79. The van der Waals surface area contributed by atoms with Crippen LogP contribution in [-0.4, -0.2) is 30.9 Å². The van der Waals surface area contributed by atoms with Crippen LogP contribution < -0.4 is 11.1 Å². The maximum Gasteiger partial charge on any atom is 0.341 e. The average molecular weight is 305 g/mol. The van der Waals surface area contributed by atoms with Crippen LogP contribution in [0.1, 0.15) is 10.4 Å². The van der Waals surface area contributed by atoms with Gasteiger partial charge in [-0.1, -0.05) is 29.3 Å². The third-order valence-corrected chi connectivity index (χ3v) is 2.59. The molecule has 0 spiro atoms. The Hall–Kier alpha value is -1.79. The Morgan fingerprint density at radius 1 is 1.21 bits per heavy atom. The number of carbonyl (C=O) groups excluding carboxylic acids is 3. The van der Waals surface area contributed by atoms with Gasteiger partial charge in [0.05, 0.1) is 22.2 Å². The molecular weight excluding hydrogens is 295 g/mol. The van der Waals surface area contributed by atoms with Crippen LogP contribution in [0.2, 0.25) is 10.0 Å². The minimum Gasteiger partial charge on any atom is -0.452 e.